The van der Waals surface area contributed by atoms with Crippen LogP contribution in [0.3, 0.4) is 0 Å². The second-order valence-electron chi connectivity index (χ2n) is 6.60. The van der Waals surface area contributed by atoms with Crippen LogP contribution in [0.25, 0.3) is 0 Å². The van der Waals surface area contributed by atoms with E-state index < -0.39 is 29.6 Å². The number of nitrogens with one attached hydrogen (secondary N) is 3. The topological polar surface area (TPSA) is 117 Å². The molecule has 2 unspecified atom stereocenters. The number of rotatable bonds is 8. The zero-order chi connectivity index (χ0) is 20.9. The average molecular weight is 455 g/mol. The summed E-state index contributed by atoms with van der Waals surface area (Å²) >= 11 is 3.29. The van der Waals surface area contributed by atoms with Crippen molar-refractivity contribution in [2.45, 2.75) is 38.8 Å². The number of nitrogens with zero attached hydrogens (tertiary/aromatic N) is 1. The molecule has 2 atom stereocenters. The van der Waals surface area contributed by atoms with Crippen molar-refractivity contribution in [3.05, 3.63) is 28.7 Å². The third-order valence-corrected chi connectivity index (χ3v) is 5.00. The minimum atomic E-state index is -1.36. The van der Waals surface area contributed by atoms with Crippen molar-refractivity contribution in [1.82, 2.24) is 15.8 Å². The molecule has 1 aromatic rings. The lowest BCUT2D eigenvalue weighted by molar-refractivity contribution is -0.137. The zero-order valence-corrected chi connectivity index (χ0v) is 17.4. The summed E-state index contributed by atoms with van der Waals surface area (Å²) in [6.45, 7) is 5.51. The van der Waals surface area contributed by atoms with Gasteiger partial charge in [0.1, 0.15) is 17.9 Å². The van der Waals surface area contributed by atoms with Crippen LogP contribution in [-0.4, -0.2) is 47.5 Å². The predicted molar refractivity (Wildman–Crippen MR) is 105 cm³/mol. The highest BCUT2D eigenvalue weighted by Gasteiger charge is 2.55. The Bertz CT molecular complexity index is 755. The van der Waals surface area contributed by atoms with Gasteiger partial charge in [0.2, 0.25) is 0 Å². The summed E-state index contributed by atoms with van der Waals surface area (Å²) in [5.41, 5.74) is 1.38. The molecule has 1 saturated heterocycles. The highest BCUT2D eigenvalue weighted by molar-refractivity contribution is 9.10. The number of ether oxygens (including phenoxy) is 1. The van der Waals surface area contributed by atoms with E-state index in [4.69, 9.17) is 4.74 Å². The van der Waals surface area contributed by atoms with Crippen molar-refractivity contribution >= 4 is 45.9 Å². The molecule has 9 nitrogen and oxygen atoms in total. The zero-order valence-electron chi connectivity index (χ0n) is 15.8. The molecule has 2 rings (SSSR count). The Balaban J connectivity index is 2.14. The van der Waals surface area contributed by atoms with E-state index in [1.807, 2.05) is 0 Å². The standard InChI is InChI=1S/C18H23BrN4O5/c1-4-28-14(10-24)9-18(11(2)3)15(25)23(17(27)21-18)22-16(26)20-13-7-5-12(19)6-8-13/h5-8,10-11,14H,4,9H2,1-3H3,(H,21,27)(H2,20,22,26). The number of imide groups is 1. The van der Waals surface area contributed by atoms with Crippen molar-refractivity contribution in [2.24, 2.45) is 5.92 Å². The first-order valence-corrected chi connectivity index (χ1v) is 9.59. The predicted octanol–water partition coefficient (Wildman–Crippen LogP) is 2.43. The number of halogens is 1. The second kappa shape index (κ2) is 9.16. The van der Waals surface area contributed by atoms with Crippen LogP contribution in [0.1, 0.15) is 27.2 Å². The van der Waals surface area contributed by atoms with Gasteiger partial charge in [-0.15, -0.1) is 0 Å². The molecule has 10 heteroatoms. The molecule has 0 bridgehead atoms. The number of urea groups is 2. The molecule has 0 spiro atoms. The first-order valence-electron chi connectivity index (χ1n) is 8.80. The van der Waals surface area contributed by atoms with Crippen LogP contribution in [0, 0.1) is 5.92 Å². The molecule has 3 N–H and O–H groups in total. The minimum Gasteiger partial charge on any atom is -0.371 e. The molecule has 28 heavy (non-hydrogen) atoms. The molecular weight excluding hydrogens is 432 g/mol. The third kappa shape index (κ3) is 4.68. The quantitative estimate of drug-likeness (QED) is 0.411. The Morgan fingerprint density at radius 2 is 1.96 bits per heavy atom. The number of hydrazine groups is 1. The largest absolute Gasteiger partial charge is 0.371 e. The molecule has 152 valence electrons. The van der Waals surface area contributed by atoms with Gasteiger partial charge in [0.15, 0.2) is 0 Å². The lowest BCUT2D eigenvalue weighted by Gasteiger charge is -2.32. The summed E-state index contributed by atoms with van der Waals surface area (Å²) in [6, 6.07) is 5.27. The van der Waals surface area contributed by atoms with Crippen LogP contribution in [0.4, 0.5) is 15.3 Å². The van der Waals surface area contributed by atoms with E-state index in [1.165, 1.54) is 0 Å². The van der Waals surface area contributed by atoms with Gasteiger partial charge in [0.25, 0.3) is 5.91 Å². The lowest BCUT2D eigenvalue weighted by atomic mass is 9.81. The van der Waals surface area contributed by atoms with Gasteiger partial charge >= 0.3 is 12.1 Å². The van der Waals surface area contributed by atoms with Crippen LogP contribution >= 0.6 is 15.9 Å². The maximum absolute atomic E-state index is 13.0. The molecule has 0 aliphatic carbocycles. The molecule has 1 fully saturated rings. The van der Waals surface area contributed by atoms with Gasteiger partial charge in [0.05, 0.1) is 0 Å². The van der Waals surface area contributed by atoms with Gasteiger partial charge in [-0.1, -0.05) is 29.8 Å². The molecule has 1 heterocycles. The number of amides is 5. The number of aldehydes is 1. The fourth-order valence-electron chi connectivity index (χ4n) is 2.93. The first kappa shape index (κ1) is 21.8. The highest BCUT2D eigenvalue weighted by atomic mass is 79.9. The smallest absolute Gasteiger partial charge is 0.344 e. The number of benzene rings is 1. The molecular formula is C18H23BrN4O5. The Kier molecular flexibility index (Phi) is 7.14. The maximum atomic E-state index is 13.0. The molecule has 1 aliphatic heterocycles. The van der Waals surface area contributed by atoms with E-state index in [2.05, 4.69) is 32.0 Å². The van der Waals surface area contributed by atoms with Gasteiger partial charge in [-0.05, 0) is 37.1 Å². The fourth-order valence-corrected chi connectivity index (χ4v) is 3.19. The summed E-state index contributed by atoms with van der Waals surface area (Å²) < 4.78 is 6.16. The summed E-state index contributed by atoms with van der Waals surface area (Å²) in [6.07, 6.45) is -0.282. The maximum Gasteiger partial charge on any atom is 0.344 e. The fraction of sp³-hybridized carbons (Fsp3) is 0.444. The summed E-state index contributed by atoms with van der Waals surface area (Å²) in [7, 11) is 0. The van der Waals surface area contributed by atoms with Crippen LogP contribution < -0.4 is 16.1 Å². The van der Waals surface area contributed by atoms with E-state index in [9.17, 15) is 19.2 Å². The van der Waals surface area contributed by atoms with Crippen molar-refractivity contribution in [2.75, 3.05) is 11.9 Å². The van der Waals surface area contributed by atoms with E-state index in [0.717, 1.165) is 4.47 Å². The molecule has 5 amide bonds. The normalized spacial score (nSPS) is 20.1. The summed E-state index contributed by atoms with van der Waals surface area (Å²) in [5.74, 6) is -0.988. The van der Waals surface area contributed by atoms with Gasteiger partial charge in [-0.25, -0.2) is 15.0 Å². The first-order chi connectivity index (χ1) is 13.2. The van der Waals surface area contributed by atoms with E-state index >= 15 is 0 Å². The molecule has 1 aliphatic rings. The van der Waals surface area contributed by atoms with Crippen LogP contribution in [-0.2, 0) is 14.3 Å². The van der Waals surface area contributed by atoms with Crippen LogP contribution in [0.5, 0.6) is 0 Å². The SMILES string of the molecule is CCOC(C=O)CC1(C(C)C)NC(=O)N(NC(=O)Nc2ccc(Br)cc2)C1=O. The highest BCUT2D eigenvalue weighted by Crippen LogP contribution is 2.30. The number of hydrogen-bond acceptors (Lipinski definition) is 5. The lowest BCUT2D eigenvalue weighted by Crippen LogP contribution is -2.55. The van der Waals surface area contributed by atoms with Crippen LogP contribution in [0.2, 0.25) is 0 Å². The molecule has 1 aromatic carbocycles. The molecule has 0 radical (unpaired) electrons. The molecule has 0 saturated carbocycles. The van der Waals surface area contributed by atoms with Crippen molar-refractivity contribution in [3.8, 4) is 0 Å². The van der Waals surface area contributed by atoms with Crippen molar-refractivity contribution in [3.63, 3.8) is 0 Å². The van der Waals surface area contributed by atoms with Gasteiger partial charge in [-0.2, -0.15) is 5.01 Å². The summed E-state index contributed by atoms with van der Waals surface area (Å²) in [4.78, 5) is 48.9. The van der Waals surface area contributed by atoms with E-state index in [-0.39, 0.29) is 18.9 Å². The van der Waals surface area contributed by atoms with Gasteiger partial charge < -0.3 is 20.2 Å². The van der Waals surface area contributed by atoms with Gasteiger partial charge in [0, 0.05) is 23.2 Å². The van der Waals surface area contributed by atoms with Crippen molar-refractivity contribution in [1.29, 1.82) is 0 Å². The number of carbonyl (C=O) groups is 4. The van der Waals surface area contributed by atoms with E-state index in [1.54, 1.807) is 45.0 Å². The van der Waals surface area contributed by atoms with Crippen molar-refractivity contribution < 1.29 is 23.9 Å². The second-order valence-corrected chi connectivity index (χ2v) is 7.52. The Labute approximate surface area is 171 Å². The minimum absolute atomic E-state index is 0.0287. The van der Waals surface area contributed by atoms with Crippen LogP contribution in [0.15, 0.2) is 28.7 Å². The molecule has 0 aromatic heterocycles. The Hall–Kier alpha value is -2.46. The third-order valence-electron chi connectivity index (χ3n) is 4.47. The van der Waals surface area contributed by atoms with E-state index in [0.29, 0.717) is 17.0 Å². The Morgan fingerprint density at radius 1 is 1.32 bits per heavy atom. The average Bonchev–Trinajstić information content (AvgIpc) is 2.88. The number of carbonyl (C=O) groups excluding carboxylic acids is 4. The summed E-state index contributed by atoms with van der Waals surface area (Å²) in [5, 5.41) is 5.78. The number of hydrogen-bond donors (Lipinski definition) is 3. The Morgan fingerprint density at radius 3 is 2.50 bits per heavy atom. The monoisotopic (exact) mass is 454 g/mol. The number of anilines is 1. The van der Waals surface area contributed by atoms with Gasteiger partial charge in [-0.3, -0.25) is 4.79 Å².